The van der Waals surface area contributed by atoms with Gasteiger partial charge < -0.3 is 9.90 Å². The molecule has 0 unspecified atom stereocenters. The highest BCUT2D eigenvalue weighted by Gasteiger charge is 2.09. The van der Waals surface area contributed by atoms with Gasteiger partial charge in [-0.2, -0.15) is 12.6 Å². The molecule has 0 fully saturated rings. The van der Waals surface area contributed by atoms with E-state index in [0.717, 1.165) is 6.42 Å². The molecule has 3 heteroatoms. The SMILES string of the molecule is CC(C)(S)CCCC(=O)[O-]. The standard InChI is InChI=1S/C7H14O2S/c1-7(2,10)5-3-4-6(8)9/h10H,3-5H2,1-2H3,(H,8,9)/p-1. The van der Waals surface area contributed by atoms with Crippen molar-refractivity contribution >= 4 is 18.6 Å². The van der Waals surface area contributed by atoms with Gasteiger partial charge >= 0.3 is 0 Å². The highest BCUT2D eigenvalue weighted by molar-refractivity contribution is 7.81. The average Bonchev–Trinajstić information content (AvgIpc) is 1.59. The summed E-state index contributed by atoms with van der Waals surface area (Å²) < 4.78 is -0.0601. The first-order chi connectivity index (χ1) is 4.42. The summed E-state index contributed by atoms with van der Waals surface area (Å²) in [5, 5.41) is 9.95. The lowest BCUT2D eigenvalue weighted by Crippen LogP contribution is -2.22. The predicted octanol–water partition coefficient (Wildman–Crippen LogP) is 0.615. The van der Waals surface area contributed by atoms with E-state index in [1.54, 1.807) is 0 Å². The van der Waals surface area contributed by atoms with Crippen LogP contribution in [0.1, 0.15) is 33.1 Å². The summed E-state index contributed by atoms with van der Waals surface area (Å²) in [6.07, 6.45) is 1.60. The van der Waals surface area contributed by atoms with Crippen molar-refractivity contribution in [3.63, 3.8) is 0 Å². The predicted molar refractivity (Wildman–Crippen MR) is 41.9 cm³/mol. The maximum absolute atomic E-state index is 9.95. The maximum Gasteiger partial charge on any atom is 0.0414 e. The fraction of sp³-hybridized carbons (Fsp3) is 0.857. The van der Waals surface area contributed by atoms with Crippen LogP contribution in [0.15, 0.2) is 0 Å². The molecule has 0 aromatic rings. The van der Waals surface area contributed by atoms with Crippen LogP contribution in [0.2, 0.25) is 0 Å². The van der Waals surface area contributed by atoms with E-state index in [0.29, 0.717) is 6.42 Å². The van der Waals surface area contributed by atoms with Crippen molar-refractivity contribution in [2.24, 2.45) is 0 Å². The Morgan fingerprint density at radius 1 is 1.60 bits per heavy atom. The molecule has 0 bridgehead atoms. The van der Waals surface area contributed by atoms with E-state index in [-0.39, 0.29) is 11.2 Å². The first-order valence-corrected chi connectivity index (χ1v) is 3.79. The third kappa shape index (κ3) is 7.82. The van der Waals surface area contributed by atoms with Crippen molar-refractivity contribution in [2.45, 2.75) is 37.9 Å². The summed E-state index contributed by atoms with van der Waals surface area (Å²) in [5.74, 6) is -0.974. The Bertz CT molecular complexity index is 115. The third-order valence-corrected chi connectivity index (χ3v) is 1.39. The first kappa shape index (κ1) is 9.82. The molecule has 0 aromatic carbocycles. The quantitative estimate of drug-likeness (QED) is 0.614. The molecule has 10 heavy (non-hydrogen) atoms. The molecule has 2 nitrogen and oxygen atoms in total. The van der Waals surface area contributed by atoms with Gasteiger partial charge in [0.25, 0.3) is 0 Å². The number of carbonyl (C=O) groups excluding carboxylic acids is 1. The molecular formula is C7H13O2S-. The summed E-state index contributed by atoms with van der Waals surface area (Å²) in [5.41, 5.74) is 0. The molecule has 0 heterocycles. The maximum atomic E-state index is 9.95. The minimum absolute atomic E-state index is 0.0601. The Morgan fingerprint density at radius 3 is 2.40 bits per heavy atom. The number of carbonyl (C=O) groups is 1. The van der Waals surface area contributed by atoms with E-state index < -0.39 is 5.97 Å². The summed E-state index contributed by atoms with van der Waals surface area (Å²) in [7, 11) is 0. The van der Waals surface area contributed by atoms with Crippen LogP contribution < -0.4 is 5.11 Å². The van der Waals surface area contributed by atoms with Gasteiger partial charge in [0.15, 0.2) is 0 Å². The summed E-state index contributed by atoms with van der Waals surface area (Å²) in [4.78, 5) is 9.95. The normalized spacial score (nSPS) is 11.5. The number of carboxylic acids is 1. The summed E-state index contributed by atoms with van der Waals surface area (Å²) in [6.45, 7) is 3.93. The lowest BCUT2D eigenvalue weighted by molar-refractivity contribution is -0.305. The molecule has 0 aliphatic heterocycles. The molecule has 60 valence electrons. The molecule has 0 atom stereocenters. The molecule has 0 saturated carbocycles. The van der Waals surface area contributed by atoms with Crippen molar-refractivity contribution < 1.29 is 9.90 Å². The van der Waals surface area contributed by atoms with E-state index >= 15 is 0 Å². The molecule has 0 aliphatic rings. The Labute approximate surface area is 67.0 Å². The van der Waals surface area contributed by atoms with Crippen LogP contribution in [0.5, 0.6) is 0 Å². The van der Waals surface area contributed by atoms with Crippen molar-refractivity contribution in [3.05, 3.63) is 0 Å². The van der Waals surface area contributed by atoms with Crippen molar-refractivity contribution in [1.29, 1.82) is 0 Å². The van der Waals surface area contributed by atoms with E-state index in [1.165, 1.54) is 0 Å². The van der Waals surface area contributed by atoms with E-state index in [1.807, 2.05) is 13.8 Å². The monoisotopic (exact) mass is 161 g/mol. The van der Waals surface area contributed by atoms with Crippen molar-refractivity contribution in [3.8, 4) is 0 Å². The van der Waals surface area contributed by atoms with Crippen LogP contribution in [0.25, 0.3) is 0 Å². The van der Waals surface area contributed by atoms with Crippen LogP contribution in [0.3, 0.4) is 0 Å². The molecule has 0 rings (SSSR count). The van der Waals surface area contributed by atoms with Crippen molar-refractivity contribution in [1.82, 2.24) is 0 Å². The average molecular weight is 161 g/mol. The molecule has 0 N–H and O–H groups in total. The van der Waals surface area contributed by atoms with E-state index in [2.05, 4.69) is 12.6 Å². The smallest absolute Gasteiger partial charge is 0.0414 e. The number of rotatable bonds is 4. The summed E-state index contributed by atoms with van der Waals surface area (Å²) in [6, 6.07) is 0. The molecule has 0 aliphatic carbocycles. The van der Waals surface area contributed by atoms with Gasteiger partial charge in [0.1, 0.15) is 0 Å². The molecular weight excluding hydrogens is 148 g/mol. The molecule has 0 spiro atoms. The number of thiol groups is 1. The van der Waals surface area contributed by atoms with Gasteiger partial charge in [-0.25, -0.2) is 0 Å². The number of carboxylic acid groups (broad SMARTS) is 1. The van der Waals surface area contributed by atoms with Gasteiger partial charge in [-0.3, -0.25) is 0 Å². The van der Waals surface area contributed by atoms with Gasteiger partial charge in [-0.05, 0) is 19.3 Å². The van der Waals surface area contributed by atoms with Gasteiger partial charge in [-0.1, -0.05) is 13.8 Å². The lowest BCUT2D eigenvalue weighted by Gasteiger charge is -2.16. The molecule has 0 amide bonds. The van der Waals surface area contributed by atoms with E-state index in [9.17, 15) is 9.90 Å². The van der Waals surface area contributed by atoms with Gasteiger partial charge in [0.05, 0.1) is 0 Å². The number of aliphatic carboxylic acids is 1. The zero-order valence-corrected chi connectivity index (χ0v) is 7.28. The van der Waals surface area contributed by atoms with Gasteiger partial charge in [0, 0.05) is 10.7 Å². The fourth-order valence-electron chi connectivity index (χ4n) is 0.665. The second-order valence-corrected chi connectivity index (χ2v) is 4.25. The zero-order chi connectivity index (χ0) is 8.20. The highest BCUT2D eigenvalue weighted by Crippen LogP contribution is 2.19. The Morgan fingerprint density at radius 2 is 2.10 bits per heavy atom. The third-order valence-electron chi connectivity index (χ3n) is 1.17. The fourth-order valence-corrected chi connectivity index (χ4v) is 0.823. The Balaban J connectivity index is 3.29. The van der Waals surface area contributed by atoms with Gasteiger partial charge in [-0.15, -0.1) is 0 Å². The minimum atomic E-state index is -0.974. The van der Waals surface area contributed by atoms with Crippen molar-refractivity contribution in [2.75, 3.05) is 0 Å². The second kappa shape index (κ2) is 3.86. The van der Waals surface area contributed by atoms with Crippen LogP contribution in [0.4, 0.5) is 0 Å². The topological polar surface area (TPSA) is 40.1 Å². The second-order valence-electron chi connectivity index (χ2n) is 3.04. The largest absolute Gasteiger partial charge is 0.550 e. The van der Waals surface area contributed by atoms with Crippen LogP contribution in [-0.4, -0.2) is 10.7 Å². The van der Waals surface area contributed by atoms with Crippen LogP contribution >= 0.6 is 12.6 Å². The summed E-state index contributed by atoms with van der Waals surface area (Å²) >= 11 is 4.24. The zero-order valence-electron chi connectivity index (χ0n) is 6.39. The minimum Gasteiger partial charge on any atom is -0.550 e. The van der Waals surface area contributed by atoms with Crippen LogP contribution in [0, 0.1) is 0 Å². The van der Waals surface area contributed by atoms with Gasteiger partial charge in [0.2, 0.25) is 0 Å². The number of hydrogen-bond donors (Lipinski definition) is 1. The highest BCUT2D eigenvalue weighted by atomic mass is 32.1. The Kier molecular flexibility index (Phi) is 3.79. The number of hydrogen-bond acceptors (Lipinski definition) is 3. The molecule has 0 aromatic heterocycles. The molecule has 0 radical (unpaired) electrons. The van der Waals surface area contributed by atoms with E-state index in [4.69, 9.17) is 0 Å². The van der Waals surface area contributed by atoms with Crippen LogP contribution in [-0.2, 0) is 4.79 Å². The Hall–Kier alpha value is -0.180. The lowest BCUT2D eigenvalue weighted by atomic mass is 10.1. The first-order valence-electron chi connectivity index (χ1n) is 3.34. The molecule has 0 saturated heterocycles.